The molecule has 0 radical (unpaired) electrons. The lowest BCUT2D eigenvalue weighted by Gasteiger charge is -2.20. The normalized spacial score (nSPS) is 13.7. The predicted molar refractivity (Wildman–Crippen MR) is 141 cm³/mol. The van der Waals surface area contributed by atoms with Crippen LogP contribution in [0.4, 0.5) is 0 Å². The summed E-state index contributed by atoms with van der Waals surface area (Å²) in [5, 5.41) is 62.7. The van der Waals surface area contributed by atoms with Crippen LogP contribution < -0.4 is 16.0 Å². The van der Waals surface area contributed by atoms with E-state index in [1.807, 2.05) is 0 Å². The average molecular weight is 807 g/mol. The van der Waals surface area contributed by atoms with Crippen LogP contribution in [0.1, 0.15) is 31.1 Å². The van der Waals surface area contributed by atoms with Crippen LogP contribution in [0.3, 0.4) is 0 Å². The SMILES string of the molecule is O=C(NC[C@H](O)CO)c1c(I)c(C(=O)NC[C@H](O)CO)c(I)c(C(=O)NC[C@@H](O)CO)c1I. The Kier molecular flexibility index (Phi) is 13.8. The Hall–Kier alpha value is -0.420. The lowest BCUT2D eigenvalue weighted by molar-refractivity contribution is 0.0795. The highest BCUT2D eigenvalue weighted by atomic mass is 127. The fourth-order valence-corrected chi connectivity index (χ4v) is 6.99. The van der Waals surface area contributed by atoms with Crippen LogP contribution in [0.5, 0.6) is 0 Å². The summed E-state index contributed by atoms with van der Waals surface area (Å²) >= 11 is 5.32. The van der Waals surface area contributed by atoms with Crippen molar-refractivity contribution in [1.29, 1.82) is 0 Å². The Morgan fingerprint density at radius 2 is 0.788 bits per heavy atom. The third kappa shape index (κ3) is 8.63. The first-order valence-electron chi connectivity index (χ1n) is 9.41. The van der Waals surface area contributed by atoms with Crippen molar-refractivity contribution in [1.82, 2.24) is 16.0 Å². The van der Waals surface area contributed by atoms with Crippen molar-refractivity contribution in [2.24, 2.45) is 0 Å². The third-order valence-corrected chi connectivity index (χ3v) is 7.36. The number of hydrogen-bond acceptors (Lipinski definition) is 9. The van der Waals surface area contributed by atoms with Gasteiger partial charge in [0.2, 0.25) is 0 Å². The van der Waals surface area contributed by atoms with E-state index in [1.165, 1.54) is 0 Å². The molecule has 9 N–H and O–H groups in total. The predicted octanol–water partition coefficient (Wildman–Crippen LogP) is -2.25. The van der Waals surface area contributed by atoms with Gasteiger partial charge in [0.25, 0.3) is 17.7 Å². The van der Waals surface area contributed by atoms with E-state index in [9.17, 15) is 29.7 Å². The van der Waals surface area contributed by atoms with Crippen LogP contribution in [0.15, 0.2) is 0 Å². The number of halogens is 3. The molecule has 0 aliphatic heterocycles. The van der Waals surface area contributed by atoms with Crippen molar-refractivity contribution in [2.75, 3.05) is 39.5 Å². The maximum absolute atomic E-state index is 12.9. The fourth-order valence-electron chi connectivity index (χ4n) is 2.35. The topological polar surface area (TPSA) is 209 Å². The van der Waals surface area contributed by atoms with Gasteiger partial charge in [-0.05, 0) is 67.8 Å². The molecular formula is C18H24I3N3O9. The minimum absolute atomic E-state index is 0.0255. The summed E-state index contributed by atoms with van der Waals surface area (Å²) < 4.78 is 0.584. The van der Waals surface area contributed by atoms with Crippen molar-refractivity contribution in [3.8, 4) is 0 Å². The summed E-state index contributed by atoms with van der Waals surface area (Å²) in [6.07, 6.45) is -3.63. The van der Waals surface area contributed by atoms with Crippen molar-refractivity contribution in [2.45, 2.75) is 18.3 Å². The van der Waals surface area contributed by atoms with Gasteiger partial charge < -0.3 is 46.6 Å². The van der Waals surface area contributed by atoms with E-state index in [0.29, 0.717) is 0 Å². The second kappa shape index (κ2) is 14.9. The molecule has 3 atom stereocenters. The highest BCUT2D eigenvalue weighted by molar-refractivity contribution is 14.1. The molecule has 0 bridgehead atoms. The Bertz CT molecular complexity index is 742. The smallest absolute Gasteiger partial charge is 0.253 e. The molecule has 3 amide bonds. The fraction of sp³-hybridized carbons (Fsp3) is 0.500. The van der Waals surface area contributed by atoms with Gasteiger partial charge in [-0.15, -0.1) is 0 Å². The van der Waals surface area contributed by atoms with Crippen molar-refractivity contribution in [3.63, 3.8) is 0 Å². The van der Waals surface area contributed by atoms with Gasteiger partial charge in [-0.25, -0.2) is 0 Å². The van der Waals surface area contributed by atoms with Gasteiger partial charge in [-0.3, -0.25) is 14.4 Å². The van der Waals surface area contributed by atoms with Crippen LogP contribution in [0.25, 0.3) is 0 Å². The molecule has 0 unspecified atom stereocenters. The van der Waals surface area contributed by atoms with Crippen LogP contribution in [0, 0.1) is 10.7 Å². The largest absolute Gasteiger partial charge is 0.394 e. The molecule has 1 rings (SSSR count). The molecule has 0 fully saturated rings. The molecule has 1 aromatic carbocycles. The molecule has 186 valence electrons. The average Bonchev–Trinajstić information content (AvgIpc) is 2.78. The minimum atomic E-state index is -1.21. The Labute approximate surface area is 229 Å². The van der Waals surface area contributed by atoms with Gasteiger partial charge in [-0.1, -0.05) is 0 Å². The van der Waals surface area contributed by atoms with E-state index < -0.39 is 55.9 Å². The Morgan fingerprint density at radius 3 is 0.970 bits per heavy atom. The number of carbonyl (C=O) groups is 3. The zero-order valence-electron chi connectivity index (χ0n) is 17.0. The standard InChI is InChI=1S/C18H24I3N3O9/c19-13-10(16(31)22-1-7(28)4-25)14(20)12(18(33)24-3-9(30)6-27)15(21)11(13)17(32)23-2-8(29)5-26/h7-9,25-30H,1-6H2,(H,22,31)(H,23,32)(H,24,33)/t7-,8-,9+/m0/s1. The van der Waals surface area contributed by atoms with E-state index in [2.05, 4.69) is 16.0 Å². The lowest BCUT2D eigenvalue weighted by Crippen LogP contribution is -2.39. The van der Waals surface area contributed by atoms with Crippen molar-refractivity contribution in [3.05, 3.63) is 27.4 Å². The van der Waals surface area contributed by atoms with Gasteiger partial charge in [-0.2, -0.15) is 0 Å². The summed E-state index contributed by atoms with van der Waals surface area (Å²) in [6, 6.07) is 0. The van der Waals surface area contributed by atoms with Crippen LogP contribution >= 0.6 is 67.8 Å². The second-order valence-corrected chi connectivity index (χ2v) is 9.94. The third-order valence-electron chi connectivity index (χ3n) is 4.13. The summed E-state index contributed by atoms with van der Waals surface area (Å²) in [5.74, 6) is -2.12. The van der Waals surface area contributed by atoms with Gasteiger partial charge in [0.1, 0.15) is 0 Å². The number of carbonyl (C=O) groups excluding carboxylic acids is 3. The zero-order chi connectivity index (χ0) is 25.3. The zero-order valence-corrected chi connectivity index (χ0v) is 23.5. The lowest BCUT2D eigenvalue weighted by atomic mass is 10.0. The van der Waals surface area contributed by atoms with Gasteiger partial charge in [0, 0.05) is 30.3 Å². The van der Waals surface area contributed by atoms with E-state index in [-0.39, 0.29) is 47.0 Å². The number of aliphatic hydroxyl groups excluding tert-OH is 6. The highest BCUT2D eigenvalue weighted by Crippen LogP contribution is 2.32. The maximum atomic E-state index is 12.9. The second-order valence-electron chi connectivity index (χ2n) is 6.71. The molecule has 1 aromatic rings. The minimum Gasteiger partial charge on any atom is -0.394 e. The first kappa shape index (κ1) is 30.6. The molecule has 12 nitrogen and oxygen atoms in total. The maximum Gasteiger partial charge on any atom is 0.253 e. The molecule has 0 aromatic heterocycles. The Balaban J connectivity index is 3.52. The van der Waals surface area contributed by atoms with Gasteiger partial charge in [0.05, 0.1) is 54.8 Å². The first-order chi connectivity index (χ1) is 15.5. The molecule has 0 spiro atoms. The molecule has 33 heavy (non-hydrogen) atoms. The first-order valence-corrected chi connectivity index (χ1v) is 12.6. The van der Waals surface area contributed by atoms with Crippen LogP contribution in [-0.2, 0) is 0 Å². The number of rotatable bonds is 12. The number of nitrogens with one attached hydrogen (secondary N) is 3. The molecule has 0 aliphatic rings. The molecule has 0 saturated heterocycles. The van der Waals surface area contributed by atoms with Crippen LogP contribution in [0.2, 0.25) is 0 Å². The van der Waals surface area contributed by atoms with E-state index in [4.69, 9.17) is 15.3 Å². The quantitative estimate of drug-likeness (QED) is 0.105. The molecular weight excluding hydrogens is 783 g/mol. The summed E-state index contributed by atoms with van der Waals surface area (Å²) in [5.41, 5.74) is -0.0765. The Morgan fingerprint density at radius 1 is 0.576 bits per heavy atom. The van der Waals surface area contributed by atoms with Crippen molar-refractivity contribution < 1.29 is 45.0 Å². The molecule has 0 saturated carbocycles. The number of amides is 3. The number of benzene rings is 1. The van der Waals surface area contributed by atoms with Crippen molar-refractivity contribution >= 4 is 85.5 Å². The number of aliphatic hydroxyl groups is 6. The van der Waals surface area contributed by atoms with E-state index in [1.54, 1.807) is 67.8 Å². The number of hydrogen-bond donors (Lipinski definition) is 9. The molecule has 15 heteroatoms. The van der Waals surface area contributed by atoms with E-state index >= 15 is 0 Å². The van der Waals surface area contributed by atoms with E-state index in [0.717, 1.165) is 0 Å². The summed E-state index contributed by atoms with van der Waals surface area (Å²) in [7, 11) is 0. The van der Waals surface area contributed by atoms with Gasteiger partial charge >= 0.3 is 0 Å². The monoisotopic (exact) mass is 807 g/mol. The van der Waals surface area contributed by atoms with Crippen LogP contribution in [-0.4, -0.2) is 106 Å². The van der Waals surface area contributed by atoms with Gasteiger partial charge in [0.15, 0.2) is 0 Å². The molecule has 0 heterocycles. The summed E-state index contributed by atoms with van der Waals surface area (Å²) in [4.78, 5) is 38.6. The highest BCUT2D eigenvalue weighted by Gasteiger charge is 2.30. The molecule has 0 aliphatic carbocycles. The summed E-state index contributed by atoms with van der Waals surface area (Å²) in [6.45, 7) is -2.57.